The lowest BCUT2D eigenvalue weighted by Gasteiger charge is -2.12. The smallest absolute Gasteiger partial charge is 0.374 e. The lowest BCUT2D eigenvalue weighted by atomic mass is 10.1. The van der Waals surface area contributed by atoms with Crippen molar-refractivity contribution >= 4 is 22.9 Å². The molecule has 0 atom stereocenters. The highest BCUT2D eigenvalue weighted by Crippen LogP contribution is 2.31. The summed E-state index contributed by atoms with van der Waals surface area (Å²) < 4.78 is 26.6. The minimum absolute atomic E-state index is 0.0165. The van der Waals surface area contributed by atoms with Crippen molar-refractivity contribution in [1.82, 2.24) is 0 Å². The topological polar surface area (TPSA) is 84.2 Å². The van der Waals surface area contributed by atoms with E-state index in [4.69, 9.17) is 23.4 Å². The molecule has 0 spiro atoms. The van der Waals surface area contributed by atoms with Gasteiger partial charge in [0.1, 0.15) is 29.3 Å². The van der Waals surface area contributed by atoms with Crippen LogP contribution in [0.25, 0.3) is 11.0 Å². The summed E-state index contributed by atoms with van der Waals surface area (Å²) in [4.78, 5) is 25.0. The molecule has 0 radical (unpaired) electrons. The molecule has 0 aliphatic rings. The van der Waals surface area contributed by atoms with Gasteiger partial charge in [-0.25, -0.2) is 9.59 Å². The molecule has 0 saturated heterocycles. The van der Waals surface area contributed by atoms with Crippen molar-refractivity contribution in [3.05, 3.63) is 59.4 Å². The Hall–Kier alpha value is -3.48. The minimum Gasteiger partial charge on any atom is -0.496 e. The van der Waals surface area contributed by atoms with Gasteiger partial charge in [0.25, 0.3) is 0 Å². The molecule has 0 fully saturated rings. The maximum atomic E-state index is 12.7. The zero-order valence-corrected chi connectivity index (χ0v) is 15.8. The number of furan rings is 1. The molecule has 0 saturated carbocycles. The second-order valence-electron chi connectivity index (χ2n) is 5.74. The van der Waals surface area contributed by atoms with Gasteiger partial charge in [-0.15, -0.1) is 0 Å². The first-order chi connectivity index (χ1) is 13.6. The highest BCUT2D eigenvalue weighted by molar-refractivity contribution is 5.97. The molecule has 0 bridgehead atoms. The number of carbonyl (C=O) groups is 2. The standard InChI is InChI=1S/C21H20O7/c1-4-26-21(23)19-14(13-8-5-6-9-15(13)28-19)12-27-20(22)18-16(24-2)10-7-11-17(18)25-3/h5-11H,4,12H2,1-3H3. The van der Waals surface area contributed by atoms with Gasteiger partial charge in [-0.05, 0) is 25.1 Å². The highest BCUT2D eigenvalue weighted by atomic mass is 16.6. The lowest BCUT2D eigenvalue weighted by Crippen LogP contribution is -2.11. The van der Waals surface area contributed by atoms with E-state index >= 15 is 0 Å². The number of carbonyl (C=O) groups excluding carboxylic acids is 2. The summed E-state index contributed by atoms with van der Waals surface area (Å²) >= 11 is 0. The molecule has 7 heteroatoms. The van der Waals surface area contributed by atoms with Crippen molar-refractivity contribution in [2.75, 3.05) is 20.8 Å². The van der Waals surface area contributed by atoms with E-state index in [1.54, 1.807) is 49.4 Å². The monoisotopic (exact) mass is 384 g/mol. The van der Waals surface area contributed by atoms with Crippen LogP contribution < -0.4 is 9.47 Å². The normalized spacial score (nSPS) is 10.5. The first-order valence-electron chi connectivity index (χ1n) is 8.66. The molecule has 3 rings (SSSR count). The van der Waals surface area contributed by atoms with Crippen LogP contribution in [0.5, 0.6) is 11.5 Å². The van der Waals surface area contributed by atoms with E-state index in [-0.39, 0.29) is 24.5 Å². The first-order valence-corrected chi connectivity index (χ1v) is 8.66. The van der Waals surface area contributed by atoms with E-state index < -0.39 is 11.9 Å². The average molecular weight is 384 g/mol. The Balaban J connectivity index is 1.93. The minimum atomic E-state index is -0.644. The molecule has 1 aromatic heterocycles. The molecule has 0 aliphatic heterocycles. The van der Waals surface area contributed by atoms with Crippen molar-refractivity contribution in [3.63, 3.8) is 0 Å². The van der Waals surface area contributed by atoms with Crippen LogP contribution in [0, 0.1) is 0 Å². The van der Waals surface area contributed by atoms with Crippen LogP contribution in [0.15, 0.2) is 46.9 Å². The zero-order valence-electron chi connectivity index (χ0n) is 15.8. The highest BCUT2D eigenvalue weighted by Gasteiger charge is 2.25. The van der Waals surface area contributed by atoms with Gasteiger partial charge in [0.15, 0.2) is 0 Å². The van der Waals surface area contributed by atoms with Crippen LogP contribution in [-0.2, 0) is 16.1 Å². The summed E-state index contributed by atoms with van der Waals surface area (Å²) in [5.41, 5.74) is 1.11. The number of methoxy groups -OCH3 is 2. The molecule has 7 nitrogen and oxygen atoms in total. The number of esters is 2. The van der Waals surface area contributed by atoms with Crippen LogP contribution in [0.4, 0.5) is 0 Å². The number of hydrogen-bond donors (Lipinski definition) is 0. The Labute approximate surface area is 161 Å². The van der Waals surface area contributed by atoms with Gasteiger partial charge in [-0.3, -0.25) is 0 Å². The molecule has 0 aliphatic carbocycles. The largest absolute Gasteiger partial charge is 0.496 e. The Morgan fingerprint density at radius 3 is 2.21 bits per heavy atom. The van der Waals surface area contributed by atoms with Gasteiger partial charge in [0, 0.05) is 5.39 Å². The lowest BCUT2D eigenvalue weighted by molar-refractivity contribution is 0.0430. The Kier molecular flexibility index (Phi) is 5.84. The molecule has 0 N–H and O–H groups in total. The molecule has 28 heavy (non-hydrogen) atoms. The van der Waals surface area contributed by atoms with E-state index in [9.17, 15) is 9.59 Å². The maximum Gasteiger partial charge on any atom is 0.374 e. The Bertz CT molecular complexity index is 981. The molecule has 146 valence electrons. The second-order valence-corrected chi connectivity index (χ2v) is 5.74. The van der Waals surface area contributed by atoms with Gasteiger partial charge < -0.3 is 23.4 Å². The summed E-state index contributed by atoms with van der Waals surface area (Å²) in [5, 5.41) is 0.672. The Morgan fingerprint density at radius 2 is 1.57 bits per heavy atom. The zero-order chi connectivity index (χ0) is 20.1. The van der Waals surface area contributed by atoms with E-state index in [1.165, 1.54) is 14.2 Å². The molecule has 2 aromatic carbocycles. The van der Waals surface area contributed by atoms with E-state index in [0.29, 0.717) is 28.0 Å². The average Bonchev–Trinajstić information content (AvgIpc) is 3.10. The molecule has 0 amide bonds. The van der Waals surface area contributed by atoms with Crippen molar-refractivity contribution in [2.24, 2.45) is 0 Å². The van der Waals surface area contributed by atoms with Crippen LogP contribution in [0.1, 0.15) is 33.4 Å². The molecule has 1 heterocycles. The number of hydrogen-bond acceptors (Lipinski definition) is 7. The Morgan fingerprint density at radius 1 is 0.893 bits per heavy atom. The van der Waals surface area contributed by atoms with Gasteiger partial charge in [0.05, 0.1) is 26.4 Å². The molecule has 0 unspecified atom stereocenters. The second kappa shape index (κ2) is 8.47. The third kappa shape index (κ3) is 3.64. The van der Waals surface area contributed by atoms with E-state index in [0.717, 1.165) is 0 Å². The predicted molar refractivity (Wildman–Crippen MR) is 101 cm³/mol. The fourth-order valence-electron chi connectivity index (χ4n) is 2.87. The fraction of sp³-hybridized carbons (Fsp3) is 0.238. The van der Waals surface area contributed by atoms with E-state index in [1.807, 2.05) is 0 Å². The molecular weight excluding hydrogens is 364 g/mol. The van der Waals surface area contributed by atoms with Gasteiger partial charge in [-0.1, -0.05) is 24.3 Å². The predicted octanol–water partition coefficient (Wildman–Crippen LogP) is 3.98. The third-order valence-corrected chi connectivity index (χ3v) is 4.14. The van der Waals surface area contributed by atoms with Gasteiger partial charge in [-0.2, -0.15) is 0 Å². The number of ether oxygens (including phenoxy) is 4. The quantitative estimate of drug-likeness (QED) is 0.570. The summed E-state index contributed by atoms with van der Waals surface area (Å²) in [6.07, 6.45) is 0. The van der Waals surface area contributed by atoms with Crippen molar-refractivity contribution in [2.45, 2.75) is 13.5 Å². The van der Waals surface area contributed by atoms with E-state index in [2.05, 4.69) is 0 Å². The third-order valence-electron chi connectivity index (χ3n) is 4.14. The van der Waals surface area contributed by atoms with Crippen LogP contribution >= 0.6 is 0 Å². The van der Waals surface area contributed by atoms with Gasteiger partial charge in [0.2, 0.25) is 5.76 Å². The fourth-order valence-corrected chi connectivity index (χ4v) is 2.87. The van der Waals surface area contributed by atoms with Crippen molar-refractivity contribution in [3.8, 4) is 11.5 Å². The number of para-hydroxylation sites is 1. The van der Waals surface area contributed by atoms with Crippen LogP contribution in [-0.4, -0.2) is 32.8 Å². The summed E-state index contributed by atoms with van der Waals surface area (Å²) in [7, 11) is 2.90. The number of benzene rings is 2. The van der Waals surface area contributed by atoms with Crippen LogP contribution in [0.2, 0.25) is 0 Å². The van der Waals surface area contributed by atoms with Gasteiger partial charge >= 0.3 is 11.9 Å². The summed E-state index contributed by atoms with van der Waals surface area (Å²) in [6, 6.07) is 12.1. The van der Waals surface area contributed by atoms with Crippen molar-refractivity contribution < 1.29 is 33.0 Å². The molecule has 3 aromatic rings. The SMILES string of the molecule is CCOC(=O)c1oc2ccccc2c1COC(=O)c1c(OC)cccc1OC. The number of fused-ring (bicyclic) bond motifs is 1. The van der Waals surface area contributed by atoms with Crippen molar-refractivity contribution in [1.29, 1.82) is 0 Å². The van der Waals surface area contributed by atoms with Crippen LogP contribution in [0.3, 0.4) is 0 Å². The summed E-state index contributed by atoms with van der Waals surface area (Å²) in [6.45, 7) is 1.73. The molecular formula is C21H20O7. The number of rotatable bonds is 7. The first kappa shape index (κ1) is 19.3. The summed E-state index contributed by atoms with van der Waals surface area (Å²) in [5.74, 6) is -0.587. The maximum absolute atomic E-state index is 12.7.